The predicted octanol–water partition coefficient (Wildman–Crippen LogP) is 9.27. The van der Waals surface area contributed by atoms with Crippen LogP contribution < -0.4 is 20.9 Å². The van der Waals surface area contributed by atoms with Gasteiger partial charge in [0.2, 0.25) is 17.0 Å². The number of benzene rings is 2. The van der Waals surface area contributed by atoms with Gasteiger partial charge in [-0.2, -0.15) is 4.28 Å². The minimum Gasteiger partial charge on any atom is -0.491 e. The Morgan fingerprint density at radius 2 is 1.40 bits per heavy atom. The molecule has 13 heteroatoms. The Hall–Kier alpha value is -4.36. The smallest absolute Gasteiger partial charge is 0.291 e. The van der Waals surface area contributed by atoms with E-state index in [4.69, 9.17) is 9.02 Å². The first-order valence-corrected chi connectivity index (χ1v) is 20.9. The second kappa shape index (κ2) is 24.2. The van der Waals surface area contributed by atoms with E-state index in [2.05, 4.69) is 28.0 Å². The maximum atomic E-state index is 14.2. The lowest BCUT2D eigenvalue weighted by Gasteiger charge is -2.26. The fourth-order valence-electron chi connectivity index (χ4n) is 5.91. The summed E-state index contributed by atoms with van der Waals surface area (Å²) in [7, 11) is 0. The molecule has 1 aromatic heterocycles. The molecule has 55 heavy (non-hydrogen) atoms. The number of imidazole rings is 1. The van der Waals surface area contributed by atoms with Crippen LogP contribution in [0.25, 0.3) is 0 Å². The van der Waals surface area contributed by atoms with Gasteiger partial charge in [0.25, 0.3) is 11.8 Å². The number of hydrogen-bond acceptors (Lipinski definition) is 8. The van der Waals surface area contributed by atoms with Gasteiger partial charge >= 0.3 is 0 Å². The second-order valence-electron chi connectivity index (χ2n) is 14.8. The zero-order chi connectivity index (χ0) is 40.1. The van der Waals surface area contributed by atoms with E-state index in [1.54, 1.807) is 58.0 Å². The van der Waals surface area contributed by atoms with Gasteiger partial charge in [0, 0.05) is 29.9 Å². The molecule has 0 aliphatic rings. The Morgan fingerprint density at radius 1 is 0.800 bits per heavy atom. The van der Waals surface area contributed by atoms with E-state index < -0.39 is 46.0 Å². The Bertz CT molecular complexity index is 1670. The van der Waals surface area contributed by atoms with Gasteiger partial charge in [-0.1, -0.05) is 136 Å². The van der Waals surface area contributed by atoms with Crippen molar-refractivity contribution in [2.75, 3.05) is 17.2 Å². The van der Waals surface area contributed by atoms with Crippen molar-refractivity contribution in [2.45, 2.75) is 142 Å². The lowest BCUT2D eigenvalue weighted by atomic mass is 9.86. The molecular formula is C42H61N5O7S. The average Bonchev–Trinajstić information content (AvgIpc) is 3.65. The topological polar surface area (TPSA) is 158 Å². The largest absolute Gasteiger partial charge is 0.491 e. The zero-order valence-corrected chi connectivity index (χ0v) is 34.1. The molecule has 2 aromatic carbocycles. The number of nitrogens with zero attached hydrogens (tertiary/aromatic N) is 2. The number of ketones is 1. The van der Waals surface area contributed by atoms with Gasteiger partial charge in [0.15, 0.2) is 17.6 Å². The lowest BCUT2D eigenvalue weighted by Crippen LogP contribution is -2.40. The molecule has 302 valence electrons. The zero-order valence-electron chi connectivity index (χ0n) is 33.3. The number of anilines is 2. The van der Waals surface area contributed by atoms with Crippen molar-refractivity contribution in [3.05, 3.63) is 66.7 Å². The Labute approximate surface area is 329 Å². The summed E-state index contributed by atoms with van der Waals surface area (Å²) in [6.07, 6.45) is 20.1. The van der Waals surface area contributed by atoms with Gasteiger partial charge in [0.1, 0.15) is 5.75 Å². The van der Waals surface area contributed by atoms with Crippen molar-refractivity contribution in [3.63, 3.8) is 0 Å². The Balaban J connectivity index is 1.70. The van der Waals surface area contributed by atoms with Gasteiger partial charge in [-0.05, 0) is 36.8 Å². The number of rotatable bonds is 26. The maximum Gasteiger partial charge on any atom is 0.291 e. The first-order chi connectivity index (χ1) is 26.5. The molecule has 0 aliphatic heterocycles. The summed E-state index contributed by atoms with van der Waals surface area (Å²) >= 11 is -2.12. The fraction of sp³-hybridized carbons (Fsp3) is 0.548. The molecule has 0 radical (unpaired) electrons. The van der Waals surface area contributed by atoms with Crippen LogP contribution in [0, 0.1) is 5.41 Å². The van der Waals surface area contributed by atoms with E-state index in [0.29, 0.717) is 18.0 Å². The number of ether oxygens (including phenoxy) is 1. The van der Waals surface area contributed by atoms with Crippen molar-refractivity contribution < 1.29 is 32.4 Å². The third kappa shape index (κ3) is 15.7. The van der Waals surface area contributed by atoms with E-state index >= 15 is 0 Å². The highest BCUT2D eigenvalue weighted by Crippen LogP contribution is 2.31. The van der Waals surface area contributed by atoms with Crippen LogP contribution in [-0.4, -0.2) is 43.9 Å². The molecule has 3 amide bonds. The van der Waals surface area contributed by atoms with Gasteiger partial charge in [-0.15, -0.1) is 0 Å². The van der Waals surface area contributed by atoms with Gasteiger partial charge < -0.3 is 19.9 Å². The number of carbonyl (C=O) groups is 4. The number of hydrogen-bond donors (Lipinski definition) is 3. The van der Waals surface area contributed by atoms with Crippen LogP contribution in [-0.2, 0) is 29.7 Å². The van der Waals surface area contributed by atoms with Crippen LogP contribution in [0.2, 0.25) is 0 Å². The summed E-state index contributed by atoms with van der Waals surface area (Å²) in [5.74, 6) is -2.10. The standard InChI is InChI=1S/C42H61N5O7S/c1-6-8-9-10-11-12-13-14-15-16-17-18-19-23-30-53-35-27-26-33(55(52)54-46-36(48)7-2)31-34(35)45-40(50)37(38(49)42(3,4)5)47-29-28-43-39(47)41(51)44-32-24-21-20-22-25-32/h20-22,24-29,31,37H,6-19,23,30H2,1-5H3,(H,44,51)(H,45,50)(H,46,48). The molecule has 3 N–H and O–H groups in total. The van der Waals surface area contributed by atoms with Crippen molar-refractivity contribution in [1.82, 2.24) is 15.0 Å². The van der Waals surface area contributed by atoms with Crippen LogP contribution in [0.3, 0.4) is 0 Å². The summed E-state index contributed by atoms with van der Waals surface area (Å²) in [5.41, 5.74) is 1.82. The molecule has 0 bridgehead atoms. The van der Waals surface area contributed by atoms with Crippen molar-refractivity contribution in [3.8, 4) is 5.75 Å². The number of carbonyl (C=O) groups excluding carboxylic acids is 4. The van der Waals surface area contributed by atoms with Gasteiger partial charge in [-0.3, -0.25) is 19.2 Å². The average molecular weight is 780 g/mol. The highest BCUT2D eigenvalue weighted by molar-refractivity contribution is 7.80. The molecule has 0 fully saturated rings. The normalized spacial score (nSPS) is 12.5. The van der Waals surface area contributed by atoms with Crippen LogP contribution in [0.5, 0.6) is 5.75 Å². The number of nitrogens with one attached hydrogen (secondary N) is 3. The minimum atomic E-state index is -2.12. The molecule has 12 nitrogen and oxygen atoms in total. The predicted molar refractivity (Wildman–Crippen MR) is 217 cm³/mol. The minimum absolute atomic E-state index is 0.132. The van der Waals surface area contributed by atoms with Gasteiger partial charge in [0.05, 0.1) is 17.2 Å². The van der Waals surface area contributed by atoms with E-state index in [-0.39, 0.29) is 22.8 Å². The molecular weight excluding hydrogens is 719 g/mol. The first kappa shape index (κ1) is 45.0. The number of aromatic nitrogens is 2. The van der Waals surface area contributed by atoms with Crippen molar-refractivity contribution >= 4 is 46.0 Å². The first-order valence-electron chi connectivity index (χ1n) is 19.8. The van der Waals surface area contributed by atoms with Crippen LogP contribution in [0.1, 0.15) is 148 Å². The summed E-state index contributed by atoms with van der Waals surface area (Å²) in [6.45, 7) is 9.32. The van der Waals surface area contributed by atoms with Crippen LogP contribution in [0.15, 0.2) is 65.8 Å². The third-order valence-electron chi connectivity index (χ3n) is 9.13. The Morgan fingerprint density at radius 3 is 1.98 bits per heavy atom. The van der Waals surface area contributed by atoms with E-state index in [1.165, 1.54) is 99.7 Å². The molecule has 2 unspecified atom stereocenters. The number of hydroxylamine groups is 1. The molecule has 0 aliphatic carbocycles. The SMILES string of the molecule is CCCCCCCCCCCCCCCCOc1ccc(S(=O)ONC(=O)CC)cc1NC(=O)C(C(=O)C(C)(C)C)n1ccnc1C(=O)Nc1ccccc1. The summed E-state index contributed by atoms with van der Waals surface area (Å²) in [6, 6.07) is 11.8. The summed E-state index contributed by atoms with van der Waals surface area (Å²) < 4.78 is 25.4. The van der Waals surface area contributed by atoms with Crippen molar-refractivity contribution in [1.29, 1.82) is 0 Å². The monoisotopic (exact) mass is 779 g/mol. The number of unbranched alkanes of at least 4 members (excludes halogenated alkanes) is 13. The Kier molecular flexibility index (Phi) is 19.8. The molecule has 3 rings (SSSR count). The molecule has 1 heterocycles. The summed E-state index contributed by atoms with van der Waals surface area (Å²) in [5, 5.41) is 5.56. The quantitative estimate of drug-likeness (QED) is 0.0413. The number of para-hydroxylation sites is 1. The lowest BCUT2D eigenvalue weighted by molar-refractivity contribution is -0.135. The molecule has 2 atom stereocenters. The fourth-order valence-corrected chi connectivity index (χ4v) is 6.57. The molecule has 3 aromatic rings. The second-order valence-corrected chi connectivity index (χ2v) is 15.9. The molecule has 0 spiro atoms. The van der Waals surface area contributed by atoms with Crippen molar-refractivity contribution in [2.24, 2.45) is 5.41 Å². The highest BCUT2D eigenvalue weighted by Gasteiger charge is 2.38. The van der Waals surface area contributed by atoms with Gasteiger partial charge in [-0.25, -0.2) is 14.7 Å². The van der Waals surface area contributed by atoms with Crippen LogP contribution >= 0.6 is 0 Å². The molecule has 0 saturated carbocycles. The third-order valence-corrected chi connectivity index (χ3v) is 10.0. The number of amides is 3. The van der Waals surface area contributed by atoms with E-state index in [1.807, 2.05) is 6.07 Å². The molecule has 0 saturated heterocycles. The van der Waals surface area contributed by atoms with E-state index in [9.17, 15) is 23.4 Å². The highest BCUT2D eigenvalue weighted by atomic mass is 32.2. The number of Topliss-reactive ketones (excluding diaryl/α,β-unsaturated/α-hetero) is 1. The maximum absolute atomic E-state index is 14.2. The summed E-state index contributed by atoms with van der Waals surface area (Å²) in [4.78, 5) is 57.5. The van der Waals surface area contributed by atoms with Crippen LogP contribution in [0.4, 0.5) is 11.4 Å². The van der Waals surface area contributed by atoms with E-state index in [0.717, 1.165) is 19.3 Å².